The molecular weight excluding hydrogens is 689 g/mol. The van der Waals surface area contributed by atoms with Crippen LogP contribution in [0.2, 0.25) is 0 Å². The zero-order valence-corrected chi connectivity index (χ0v) is 30.7. The number of hydrogen-bond acceptors (Lipinski definition) is 4. The molecule has 8 aromatic carbocycles. The molecule has 1 aliphatic carbocycles. The van der Waals surface area contributed by atoms with Crippen LogP contribution in [0, 0.1) is 0 Å². The Kier molecular flexibility index (Phi) is 7.49. The molecule has 0 spiro atoms. The van der Waals surface area contributed by atoms with Crippen LogP contribution in [-0.2, 0) is 0 Å². The molecule has 1 aliphatic rings. The van der Waals surface area contributed by atoms with Crippen LogP contribution < -0.4 is 4.90 Å². The Hall–Kier alpha value is -6.75. The van der Waals surface area contributed by atoms with Gasteiger partial charge in [-0.15, -0.1) is 11.3 Å². The number of rotatable bonds is 6. The highest BCUT2D eigenvalue weighted by Crippen LogP contribution is 2.48. The van der Waals surface area contributed by atoms with Gasteiger partial charge in [-0.25, -0.2) is 4.98 Å². The molecule has 10 aromatic rings. The summed E-state index contributed by atoms with van der Waals surface area (Å²) in [6.45, 7) is 0. The van der Waals surface area contributed by atoms with Gasteiger partial charge >= 0.3 is 0 Å². The maximum absolute atomic E-state index is 6.68. The summed E-state index contributed by atoms with van der Waals surface area (Å²) in [7, 11) is 0. The van der Waals surface area contributed by atoms with Gasteiger partial charge in [0.2, 0.25) is 5.89 Å². The Balaban J connectivity index is 1.14. The van der Waals surface area contributed by atoms with E-state index in [0.29, 0.717) is 0 Å². The Morgan fingerprint density at radius 3 is 2.05 bits per heavy atom. The molecule has 0 amide bonds. The average molecular weight is 723 g/mol. The van der Waals surface area contributed by atoms with Crippen molar-refractivity contribution >= 4 is 81.2 Å². The molecule has 0 radical (unpaired) electrons. The van der Waals surface area contributed by atoms with E-state index in [0.717, 1.165) is 62.0 Å². The minimum Gasteiger partial charge on any atom is -0.439 e. The number of benzene rings is 8. The summed E-state index contributed by atoms with van der Waals surface area (Å²) in [6.07, 6.45) is 9.43. The van der Waals surface area contributed by atoms with Crippen molar-refractivity contribution in [1.29, 1.82) is 0 Å². The maximum atomic E-state index is 6.68. The number of aromatic nitrogens is 1. The third kappa shape index (κ3) is 5.37. The summed E-state index contributed by atoms with van der Waals surface area (Å²) in [5, 5.41) is 7.07. The van der Waals surface area contributed by atoms with Gasteiger partial charge in [-0.05, 0) is 81.2 Å². The standard InChI is InChI=1S/C51H34N2OS/c1-4-12-33(13-5-1)34-24-28-39(29-25-34)53(46-21-11-20-43-42-19-10-18-41(49(42)55-50(43)46)35-14-6-2-7-15-35)40-30-26-36-22-23-37-27-31-45-48(47(37)44(36)32-40)54-51(52-45)38-16-8-3-9-17-38/h1-16,18-32,38H,17H2. The number of oxazole rings is 1. The smallest absolute Gasteiger partial charge is 0.202 e. The van der Waals surface area contributed by atoms with Gasteiger partial charge in [-0.1, -0.05) is 152 Å². The van der Waals surface area contributed by atoms with E-state index in [-0.39, 0.29) is 5.92 Å². The van der Waals surface area contributed by atoms with E-state index in [4.69, 9.17) is 9.40 Å². The molecule has 4 heteroatoms. The van der Waals surface area contributed by atoms with E-state index >= 15 is 0 Å². The highest BCUT2D eigenvalue weighted by atomic mass is 32.1. The van der Waals surface area contributed by atoms with Gasteiger partial charge < -0.3 is 9.32 Å². The van der Waals surface area contributed by atoms with E-state index in [9.17, 15) is 0 Å². The van der Waals surface area contributed by atoms with E-state index in [1.54, 1.807) is 0 Å². The van der Waals surface area contributed by atoms with Crippen molar-refractivity contribution in [1.82, 2.24) is 4.98 Å². The lowest BCUT2D eigenvalue weighted by molar-refractivity contribution is 0.507. The van der Waals surface area contributed by atoms with E-state index in [2.05, 4.69) is 193 Å². The fraction of sp³-hybridized carbons (Fsp3) is 0.0392. The molecule has 0 saturated carbocycles. The molecule has 0 saturated heterocycles. The lowest BCUT2D eigenvalue weighted by Crippen LogP contribution is -2.10. The van der Waals surface area contributed by atoms with Crippen LogP contribution >= 0.6 is 11.3 Å². The molecule has 1 unspecified atom stereocenters. The highest BCUT2D eigenvalue weighted by molar-refractivity contribution is 7.27. The van der Waals surface area contributed by atoms with Gasteiger partial charge in [0.05, 0.1) is 16.3 Å². The zero-order valence-electron chi connectivity index (χ0n) is 29.9. The Bertz CT molecular complexity index is 3120. The first-order valence-corrected chi connectivity index (χ1v) is 19.6. The van der Waals surface area contributed by atoms with Crippen molar-refractivity contribution in [3.63, 3.8) is 0 Å². The summed E-state index contributed by atoms with van der Waals surface area (Å²) in [5.74, 6) is 0.902. The van der Waals surface area contributed by atoms with Crippen molar-refractivity contribution in [2.75, 3.05) is 4.90 Å². The van der Waals surface area contributed by atoms with Crippen LogP contribution in [0.25, 0.3) is 75.1 Å². The molecule has 2 aromatic heterocycles. The molecule has 1 atom stereocenters. The van der Waals surface area contributed by atoms with Gasteiger partial charge in [0.1, 0.15) is 5.52 Å². The number of fused-ring (bicyclic) bond motifs is 8. The summed E-state index contributed by atoms with van der Waals surface area (Å²) in [6, 6.07) is 59.3. The van der Waals surface area contributed by atoms with Gasteiger partial charge in [0, 0.05) is 32.2 Å². The lowest BCUT2D eigenvalue weighted by Gasteiger charge is -2.27. The number of hydrogen-bond donors (Lipinski definition) is 0. The number of nitrogens with zero attached hydrogens (tertiary/aromatic N) is 2. The summed E-state index contributed by atoms with van der Waals surface area (Å²) >= 11 is 1.88. The van der Waals surface area contributed by atoms with Gasteiger partial charge in [0.15, 0.2) is 5.58 Å². The van der Waals surface area contributed by atoms with Crippen LogP contribution in [0.5, 0.6) is 0 Å². The quantitative estimate of drug-likeness (QED) is 0.160. The first-order valence-electron chi connectivity index (χ1n) is 18.8. The molecule has 0 aliphatic heterocycles. The van der Waals surface area contributed by atoms with Crippen molar-refractivity contribution < 1.29 is 4.42 Å². The molecule has 0 N–H and O–H groups in total. The second-order valence-electron chi connectivity index (χ2n) is 14.2. The number of allylic oxidation sites excluding steroid dienone is 4. The van der Waals surface area contributed by atoms with Gasteiger partial charge in [-0.2, -0.15) is 0 Å². The largest absolute Gasteiger partial charge is 0.439 e. The first kappa shape index (κ1) is 31.7. The second-order valence-corrected chi connectivity index (χ2v) is 15.3. The third-order valence-electron chi connectivity index (χ3n) is 11.0. The number of thiophene rings is 1. The lowest BCUT2D eigenvalue weighted by atomic mass is 9.99. The minimum atomic E-state index is 0.136. The summed E-state index contributed by atoms with van der Waals surface area (Å²) in [4.78, 5) is 7.43. The Morgan fingerprint density at radius 1 is 0.564 bits per heavy atom. The van der Waals surface area contributed by atoms with E-state index < -0.39 is 0 Å². The molecule has 2 heterocycles. The Labute approximate surface area is 322 Å². The zero-order chi connectivity index (χ0) is 36.3. The molecule has 260 valence electrons. The molecule has 11 rings (SSSR count). The van der Waals surface area contributed by atoms with Crippen molar-refractivity contribution in [2.24, 2.45) is 0 Å². The van der Waals surface area contributed by atoms with Crippen molar-refractivity contribution in [3.05, 3.63) is 194 Å². The first-order chi connectivity index (χ1) is 27.3. The predicted octanol–water partition coefficient (Wildman–Crippen LogP) is 14.9. The van der Waals surface area contributed by atoms with E-state index in [1.807, 2.05) is 11.3 Å². The maximum Gasteiger partial charge on any atom is 0.202 e. The Morgan fingerprint density at radius 2 is 1.25 bits per heavy atom. The van der Waals surface area contributed by atoms with Crippen LogP contribution in [-0.4, -0.2) is 4.98 Å². The van der Waals surface area contributed by atoms with Gasteiger partial charge in [0.25, 0.3) is 0 Å². The topological polar surface area (TPSA) is 29.3 Å². The fourth-order valence-corrected chi connectivity index (χ4v) is 9.62. The third-order valence-corrected chi connectivity index (χ3v) is 12.3. The average Bonchev–Trinajstić information content (AvgIpc) is 3.88. The van der Waals surface area contributed by atoms with Crippen LogP contribution in [0.1, 0.15) is 18.2 Å². The minimum absolute atomic E-state index is 0.136. The second kappa shape index (κ2) is 13.0. The molecule has 3 nitrogen and oxygen atoms in total. The van der Waals surface area contributed by atoms with Gasteiger partial charge in [-0.3, -0.25) is 0 Å². The predicted molar refractivity (Wildman–Crippen MR) is 233 cm³/mol. The van der Waals surface area contributed by atoms with Crippen LogP contribution in [0.4, 0.5) is 17.1 Å². The molecule has 55 heavy (non-hydrogen) atoms. The SMILES string of the molecule is C1=CCC(c2nc3ccc4ccc5ccc(N(c6ccc(-c7ccccc7)cc6)c6cccc7c6sc6c(-c8ccccc8)cccc67)cc5c4c3o2)C=C1. The molecular formula is C51H34N2OS. The molecule has 0 bridgehead atoms. The fourth-order valence-electron chi connectivity index (χ4n) is 8.28. The number of anilines is 3. The normalized spacial score (nSPS) is 14.1. The van der Waals surface area contributed by atoms with Crippen molar-refractivity contribution in [3.8, 4) is 22.3 Å². The van der Waals surface area contributed by atoms with Crippen molar-refractivity contribution in [2.45, 2.75) is 12.3 Å². The summed E-state index contributed by atoms with van der Waals surface area (Å²) in [5.41, 5.74) is 9.94. The van der Waals surface area contributed by atoms with E-state index in [1.165, 1.54) is 42.4 Å². The molecule has 0 fully saturated rings. The monoisotopic (exact) mass is 722 g/mol. The summed E-state index contributed by atoms with van der Waals surface area (Å²) < 4.78 is 9.24. The van der Waals surface area contributed by atoms with Crippen LogP contribution in [0.3, 0.4) is 0 Å². The highest BCUT2D eigenvalue weighted by Gasteiger charge is 2.22. The van der Waals surface area contributed by atoms with Crippen LogP contribution in [0.15, 0.2) is 193 Å².